The molecule has 0 aromatic carbocycles. The van der Waals surface area contributed by atoms with Crippen molar-refractivity contribution in [3.8, 4) is 0 Å². The fourth-order valence-electron chi connectivity index (χ4n) is 0.703. The summed E-state index contributed by atoms with van der Waals surface area (Å²) in [5.74, 6) is -0.465. The molecule has 0 fully saturated rings. The van der Waals surface area contributed by atoms with Gasteiger partial charge in [-0.05, 0) is 54.7 Å². The molecule has 1 atom stereocenters. The lowest BCUT2D eigenvalue weighted by Gasteiger charge is -2.17. The molecule has 0 aliphatic heterocycles. The van der Waals surface area contributed by atoms with Crippen LogP contribution in [0, 0.1) is 0 Å². The molecular weight excluding hydrogens is 544 g/mol. The highest BCUT2D eigenvalue weighted by Crippen LogP contribution is 2.33. The first-order valence-electron chi connectivity index (χ1n) is 4.08. The van der Waals surface area contributed by atoms with E-state index in [2.05, 4.69) is 90.3 Å². The molecule has 0 saturated heterocycles. The van der Waals surface area contributed by atoms with E-state index < -0.39 is 5.88 Å². The van der Waals surface area contributed by atoms with Crippen LogP contribution in [0.15, 0.2) is 0 Å². The second-order valence-electron chi connectivity index (χ2n) is 2.92. The molecule has 94 valence electrons. The minimum atomic E-state index is -0.968. The van der Waals surface area contributed by atoms with E-state index in [0.29, 0.717) is 6.54 Å². The van der Waals surface area contributed by atoms with Gasteiger partial charge in [-0.25, -0.2) is 0 Å². The summed E-state index contributed by atoms with van der Waals surface area (Å²) in [5, 5.41) is 5.33. The Morgan fingerprint density at radius 1 is 1.25 bits per heavy atom. The van der Waals surface area contributed by atoms with Gasteiger partial charge in [0.2, 0.25) is 8.05 Å². The SMILES string of the molecule is CC(CNC(=O)C(Br)(Br)Br)NC(=O)C(Br)Br. The molecular formula is C7H9Br5N2O2. The average Bonchev–Trinajstić information content (AvgIpc) is 2.12. The number of rotatable bonds is 4. The molecule has 0 heterocycles. The van der Waals surface area contributed by atoms with E-state index in [-0.39, 0.29) is 17.9 Å². The Hall–Kier alpha value is 1.34. The van der Waals surface area contributed by atoms with Gasteiger partial charge in [-0.2, -0.15) is 0 Å². The molecule has 0 bridgehead atoms. The summed E-state index contributed by atoms with van der Waals surface area (Å²) >= 11 is 15.4. The predicted octanol–water partition coefficient (Wildman–Crippen LogP) is 2.56. The normalized spacial score (nSPS) is 13.4. The first-order valence-corrected chi connectivity index (χ1v) is 8.29. The second kappa shape index (κ2) is 7.70. The van der Waals surface area contributed by atoms with Crippen molar-refractivity contribution in [1.29, 1.82) is 0 Å². The molecule has 2 N–H and O–H groups in total. The average molecular weight is 553 g/mol. The summed E-state index contributed by atoms with van der Waals surface area (Å²) in [7, 11) is 0. The number of amides is 2. The number of hydrogen-bond donors (Lipinski definition) is 2. The molecule has 0 spiro atoms. The van der Waals surface area contributed by atoms with E-state index in [1.165, 1.54) is 0 Å². The number of alkyl halides is 5. The molecule has 0 radical (unpaired) electrons. The summed E-state index contributed by atoms with van der Waals surface area (Å²) in [6.45, 7) is 2.13. The highest BCUT2D eigenvalue weighted by molar-refractivity contribution is 9.40. The molecule has 16 heavy (non-hydrogen) atoms. The van der Waals surface area contributed by atoms with Gasteiger partial charge < -0.3 is 10.6 Å². The van der Waals surface area contributed by atoms with Crippen molar-refractivity contribution < 1.29 is 9.59 Å². The Morgan fingerprint density at radius 2 is 1.75 bits per heavy atom. The van der Waals surface area contributed by atoms with E-state index in [9.17, 15) is 9.59 Å². The quantitative estimate of drug-likeness (QED) is 0.527. The summed E-state index contributed by atoms with van der Waals surface area (Å²) in [6, 6.07) is -0.163. The van der Waals surface area contributed by atoms with E-state index in [0.717, 1.165) is 0 Å². The van der Waals surface area contributed by atoms with Crippen LogP contribution in [0.5, 0.6) is 0 Å². The third-order valence-corrected chi connectivity index (χ3v) is 3.33. The number of hydrogen-bond acceptors (Lipinski definition) is 2. The molecule has 9 heteroatoms. The molecule has 0 saturated carbocycles. The predicted molar refractivity (Wildman–Crippen MR) is 81.8 cm³/mol. The van der Waals surface area contributed by atoms with Crippen LogP contribution in [0.4, 0.5) is 0 Å². The maximum absolute atomic E-state index is 11.4. The van der Waals surface area contributed by atoms with Crippen LogP contribution in [-0.4, -0.2) is 30.3 Å². The van der Waals surface area contributed by atoms with Crippen LogP contribution in [-0.2, 0) is 9.59 Å². The highest BCUT2D eigenvalue weighted by Gasteiger charge is 2.28. The van der Waals surface area contributed by atoms with Crippen LogP contribution in [0.1, 0.15) is 6.92 Å². The Bertz CT molecular complexity index is 266. The van der Waals surface area contributed by atoms with Crippen LogP contribution in [0.3, 0.4) is 0 Å². The minimum Gasteiger partial charge on any atom is -0.351 e. The van der Waals surface area contributed by atoms with Gasteiger partial charge in [0.1, 0.15) is 3.74 Å². The topological polar surface area (TPSA) is 58.2 Å². The van der Waals surface area contributed by atoms with Crippen LogP contribution in [0.25, 0.3) is 0 Å². The fraction of sp³-hybridized carbons (Fsp3) is 0.714. The zero-order chi connectivity index (χ0) is 12.9. The van der Waals surface area contributed by atoms with Gasteiger partial charge in [0.25, 0.3) is 5.91 Å². The Labute approximate surface area is 136 Å². The van der Waals surface area contributed by atoms with Gasteiger partial charge in [-0.1, -0.05) is 31.9 Å². The van der Waals surface area contributed by atoms with E-state index in [1.807, 2.05) is 0 Å². The third kappa shape index (κ3) is 7.62. The van der Waals surface area contributed by atoms with Crippen molar-refractivity contribution in [1.82, 2.24) is 10.6 Å². The van der Waals surface area contributed by atoms with Gasteiger partial charge in [-0.3, -0.25) is 9.59 Å². The Kier molecular flexibility index (Phi) is 8.35. The fourth-order valence-corrected chi connectivity index (χ4v) is 1.39. The standard InChI is InChI=1S/C7H9Br5N2O2/c1-3(14-5(15)4(8)9)2-13-6(16)7(10,11)12/h3-4H,2H2,1H3,(H,13,16)(H,14,15). The summed E-state index contributed by atoms with van der Waals surface area (Å²) in [5.41, 5.74) is 0. The summed E-state index contributed by atoms with van der Waals surface area (Å²) in [6.07, 6.45) is 0. The highest BCUT2D eigenvalue weighted by atomic mass is 80.0. The van der Waals surface area contributed by atoms with Gasteiger partial charge >= 0.3 is 0 Å². The second-order valence-corrected chi connectivity index (χ2v) is 12.7. The Morgan fingerprint density at radius 3 is 2.12 bits per heavy atom. The third-order valence-electron chi connectivity index (χ3n) is 1.41. The van der Waals surface area contributed by atoms with Crippen molar-refractivity contribution in [3.05, 3.63) is 0 Å². The van der Waals surface area contributed by atoms with Crippen LogP contribution >= 0.6 is 79.6 Å². The zero-order valence-electron chi connectivity index (χ0n) is 8.07. The number of halogens is 5. The number of nitrogens with one attached hydrogen (secondary N) is 2. The van der Waals surface area contributed by atoms with Crippen molar-refractivity contribution in [3.63, 3.8) is 0 Å². The maximum Gasteiger partial charge on any atom is 0.258 e. The molecule has 2 amide bonds. The summed E-state index contributed by atoms with van der Waals surface area (Å²) < 4.78 is -1.40. The molecule has 1 unspecified atom stereocenters. The molecule has 0 rings (SSSR count). The minimum absolute atomic E-state index is 0.163. The Balaban J connectivity index is 3.95. The first-order chi connectivity index (χ1) is 7.14. The van der Waals surface area contributed by atoms with E-state index in [1.54, 1.807) is 6.92 Å². The van der Waals surface area contributed by atoms with Gasteiger partial charge in [0.05, 0.1) is 0 Å². The maximum atomic E-state index is 11.4. The molecule has 0 aromatic heterocycles. The molecule has 0 aliphatic carbocycles. The molecule has 0 aromatic rings. The van der Waals surface area contributed by atoms with Crippen molar-refractivity contribution in [2.45, 2.75) is 18.8 Å². The van der Waals surface area contributed by atoms with Crippen LogP contribution < -0.4 is 10.6 Å². The first kappa shape index (κ1) is 17.3. The summed E-state index contributed by atoms with van der Waals surface area (Å²) in [4.78, 5) is 22.7. The number of carbonyl (C=O) groups is 2. The van der Waals surface area contributed by atoms with Gasteiger partial charge in [0, 0.05) is 12.6 Å². The lowest BCUT2D eigenvalue weighted by atomic mass is 10.3. The smallest absolute Gasteiger partial charge is 0.258 e. The zero-order valence-corrected chi connectivity index (χ0v) is 16.0. The number of carbonyl (C=O) groups excluding carboxylic acids is 2. The van der Waals surface area contributed by atoms with Crippen molar-refractivity contribution in [2.24, 2.45) is 0 Å². The largest absolute Gasteiger partial charge is 0.351 e. The lowest BCUT2D eigenvalue weighted by Crippen LogP contribution is -2.45. The van der Waals surface area contributed by atoms with E-state index >= 15 is 0 Å². The van der Waals surface area contributed by atoms with Crippen molar-refractivity contribution in [2.75, 3.05) is 6.54 Å². The lowest BCUT2D eigenvalue weighted by molar-refractivity contribution is -0.121. The molecule has 4 nitrogen and oxygen atoms in total. The van der Waals surface area contributed by atoms with Crippen LogP contribution in [0.2, 0.25) is 0 Å². The molecule has 0 aliphatic rings. The van der Waals surface area contributed by atoms with Crippen molar-refractivity contribution >= 4 is 91.5 Å². The van der Waals surface area contributed by atoms with Gasteiger partial charge in [0.15, 0.2) is 0 Å². The van der Waals surface area contributed by atoms with Gasteiger partial charge in [-0.15, -0.1) is 0 Å². The monoisotopic (exact) mass is 548 g/mol. The van der Waals surface area contributed by atoms with E-state index in [4.69, 9.17) is 0 Å².